The molecule has 4 N–H and O–H groups in total. The van der Waals surface area contributed by atoms with Crippen LogP contribution in [0.5, 0.6) is 0 Å². The summed E-state index contributed by atoms with van der Waals surface area (Å²) in [6.45, 7) is 0. The number of halogens is 1. The van der Waals surface area contributed by atoms with E-state index in [2.05, 4.69) is 0 Å². The van der Waals surface area contributed by atoms with Crippen LogP contribution in [0.4, 0.5) is 5.69 Å². The van der Waals surface area contributed by atoms with Gasteiger partial charge in [-0.05, 0) is 35.9 Å². The van der Waals surface area contributed by atoms with E-state index in [4.69, 9.17) is 23.1 Å². The first-order valence-corrected chi connectivity index (χ1v) is 7.99. The smallest absolute Gasteiger partial charge is 0.248 e. The van der Waals surface area contributed by atoms with E-state index in [0.717, 1.165) is 0 Å². The van der Waals surface area contributed by atoms with E-state index in [1.54, 1.807) is 12.1 Å². The molecule has 7 heteroatoms. The summed E-state index contributed by atoms with van der Waals surface area (Å²) in [5, 5.41) is 0.363. The second kappa shape index (κ2) is 5.75. The molecule has 1 amide bonds. The number of nitrogens with two attached hydrogens (primary N) is 2. The predicted octanol–water partition coefficient (Wildman–Crippen LogP) is 2.00. The molecule has 0 aliphatic carbocycles. The van der Waals surface area contributed by atoms with Crippen LogP contribution in [0.2, 0.25) is 5.02 Å². The van der Waals surface area contributed by atoms with Crippen LogP contribution in [-0.4, -0.2) is 14.3 Å². The number of rotatable bonds is 4. The van der Waals surface area contributed by atoms with Gasteiger partial charge in [-0.3, -0.25) is 4.79 Å². The van der Waals surface area contributed by atoms with Gasteiger partial charge in [-0.15, -0.1) is 0 Å². The largest absolute Gasteiger partial charge is 0.398 e. The average molecular weight is 325 g/mol. The van der Waals surface area contributed by atoms with E-state index in [1.807, 2.05) is 0 Å². The molecule has 0 aromatic heterocycles. The van der Waals surface area contributed by atoms with Gasteiger partial charge in [0.1, 0.15) is 0 Å². The van der Waals surface area contributed by atoms with Crippen molar-refractivity contribution in [2.45, 2.75) is 10.6 Å². The molecule has 2 aromatic rings. The Hall–Kier alpha value is -2.05. The summed E-state index contributed by atoms with van der Waals surface area (Å²) >= 11 is 5.76. The minimum atomic E-state index is -3.64. The first kappa shape index (κ1) is 15.3. The Morgan fingerprint density at radius 1 is 1.14 bits per heavy atom. The third-order valence-corrected chi connectivity index (χ3v) is 4.87. The van der Waals surface area contributed by atoms with Crippen LogP contribution in [0.1, 0.15) is 15.9 Å². The van der Waals surface area contributed by atoms with Gasteiger partial charge in [-0.2, -0.15) is 0 Å². The van der Waals surface area contributed by atoms with Crippen molar-refractivity contribution in [1.82, 2.24) is 0 Å². The van der Waals surface area contributed by atoms with Crippen LogP contribution < -0.4 is 11.5 Å². The standard InChI is InChI=1S/C14H13ClN2O3S/c15-11-4-5-13(12(16)7-11)21(19,20)8-9-2-1-3-10(6-9)14(17)18/h1-7H,8,16H2,(H2,17,18). The van der Waals surface area contributed by atoms with Crippen molar-refractivity contribution in [1.29, 1.82) is 0 Å². The van der Waals surface area contributed by atoms with Crippen LogP contribution in [-0.2, 0) is 15.6 Å². The number of hydrogen-bond donors (Lipinski definition) is 2. The van der Waals surface area contributed by atoms with Gasteiger partial charge < -0.3 is 11.5 Å². The lowest BCUT2D eigenvalue weighted by atomic mass is 10.1. The van der Waals surface area contributed by atoms with Crippen LogP contribution in [0.3, 0.4) is 0 Å². The van der Waals surface area contributed by atoms with E-state index in [9.17, 15) is 13.2 Å². The van der Waals surface area contributed by atoms with Crippen molar-refractivity contribution in [3.05, 3.63) is 58.6 Å². The van der Waals surface area contributed by atoms with Gasteiger partial charge in [-0.1, -0.05) is 23.7 Å². The molecule has 0 radical (unpaired) electrons. The fourth-order valence-corrected chi connectivity index (χ4v) is 3.56. The lowest BCUT2D eigenvalue weighted by Crippen LogP contribution is -2.12. The second-order valence-electron chi connectivity index (χ2n) is 4.51. The third-order valence-electron chi connectivity index (χ3n) is 2.88. The highest BCUT2D eigenvalue weighted by Crippen LogP contribution is 2.25. The van der Waals surface area contributed by atoms with Gasteiger partial charge in [0.05, 0.1) is 16.3 Å². The maximum Gasteiger partial charge on any atom is 0.248 e. The van der Waals surface area contributed by atoms with Crippen LogP contribution in [0.25, 0.3) is 0 Å². The highest BCUT2D eigenvalue weighted by atomic mass is 35.5. The highest BCUT2D eigenvalue weighted by molar-refractivity contribution is 7.90. The third kappa shape index (κ3) is 3.53. The molecule has 0 saturated carbocycles. The zero-order valence-electron chi connectivity index (χ0n) is 10.9. The van der Waals surface area contributed by atoms with Crippen molar-refractivity contribution in [3.8, 4) is 0 Å². The van der Waals surface area contributed by atoms with Gasteiger partial charge in [-0.25, -0.2) is 8.42 Å². The van der Waals surface area contributed by atoms with E-state index >= 15 is 0 Å². The molecule has 0 unspecified atom stereocenters. The van der Waals surface area contributed by atoms with Crippen LogP contribution in [0.15, 0.2) is 47.4 Å². The highest BCUT2D eigenvalue weighted by Gasteiger charge is 2.19. The first-order chi connectivity index (χ1) is 9.79. The van der Waals surface area contributed by atoms with E-state index < -0.39 is 15.7 Å². The quantitative estimate of drug-likeness (QED) is 0.839. The molecular weight excluding hydrogens is 312 g/mol. The molecule has 0 aliphatic rings. The Balaban J connectivity index is 2.37. The lowest BCUT2D eigenvalue weighted by molar-refractivity contribution is 0.1000. The van der Waals surface area contributed by atoms with E-state index in [0.29, 0.717) is 10.6 Å². The molecule has 5 nitrogen and oxygen atoms in total. The number of amides is 1. The molecule has 0 heterocycles. The molecule has 0 fully saturated rings. The summed E-state index contributed by atoms with van der Waals surface area (Å²) in [7, 11) is -3.64. The maximum absolute atomic E-state index is 12.4. The lowest BCUT2D eigenvalue weighted by Gasteiger charge is -2.08. The summed E-state index contributed by atoms with van der Waals surface area (Å²) in [5.74, 6) is -0.889. The van der Waals surface area contributed by atoms with Gasteiger partial charge in [0.15, 0.2) is 9.84 Å². The van der Waals surface area contributed by atoms with Gasteiger partial charge in [0.2, 0.25) is 5.91 Å². The Morgan fingerprint density at radius 3 is 2.48 bits per heavy atom. The number of benzene rings is 2. The number of carbonyl (C=O) groups is 1. The van der Waals surface area contributed by atoms with Gasteiger partial charge in [0, 0.05) is 10.6 Å². The van der Waals surface area contributed by atoms with E-state index in [1.165, 1.54) is 30.3 Å². The Morgan fingerprint density at radius 2 is 1.86 bits per heavy atom. The number of hydrogen-bond acceptors (Lipinski definition) is 4. The topological polar surface area (TPSA) is 103 Å². The number of anilines is 1. The summed E-state index contributed by atoms with van der Waals surface area (Å²) < 4.78 is 24.8. The Kier molecular flexibility index (Phi) is 4.20. The number of primary amides is 1. The molecule has 0 atom stereocenters. The summed E-state index contributed by atoms with van der Waals surface area (Å²) in [5.41, 5.74) is 11.7. The normalized spacial score (nSPS) is 11.3. The van der Waals surface area contributed by atoms with Crippen LogP contribution in [0, 0.1) is 0 Å². The maximum atomic E-state index is 12.4. The summed E-state index contributed by atoms with van der Waals surface area (Å²) in [6.07, 6.45) is 0. The minimum Gasteiger partial charge on any atom is -0.398 e. The van der Waals surface area contributed by atoms with Gasteiger partial charge >= 0.3 is 0 Å². The van der Waals surface area contributed by atoms with Crippen molar-refractivity contribution in [2.75, 3.05) is 5.73 Å². The van der Waals surface area contributed by atoms with Crippen molar-refractivity contribution < 1.29 is 13.2 Å². The Labute approximate surface area is 127 Å². The summed E-state index contributed by atoms with van der Waals surface area (Å²) in [6, 6.07) is 10.4. The fraction of sp³-hybridized carbons (Fsp3) is 0.0714. The minimum absolute atomic E-state index is 0.0105. The summed E-state index contributed by atoms with van der Waals surface area (Å²) in [4.78, 5) is 11.1. The van der Waals surface area contributed by atoms with Crippen molar-refractivity contribution >= 4 is 33.0 Å². The molecule has 0 aliphatic heterocycles. The molecular formula is C14H13ClN2O3S. The number of sulfone groups is 1. The zero-order chi connectivity index (χ0) is 15.6. The number of carbonyl (C=O) groups excluding carboxylic acids is 1. The van der Waals surface area contributed by atoms with Crippen molar-refractivity contribution in [2.24, 2.45) is 5.73 Å². The van der Waals surface area contributed by atoms with Crippen molar-refractivity contribution in [3.63, 3.8) is 0 Å². The Bertz CT molecular complexity index is 804. The monoisotopic (exact) mass is 324 g/mol. The fourth-order valence-electron chi connectivity index (χ4n) is 1.91. The zero-order valence-corrected chi connectivity index (χ0v) is 12.5. The predicted molar refractivity (Wildman–Crippen MR) is 81.7 cm³/mol. The van der Waals surface area contributed by atoms with E-state index in [-0.39, 0.29) is 21.9 Å². The molecule has 0 spiro atoms. The number of nitrogen functional groups attached to an aromatic ring is 1. The molecule has 110 valence electrons. The molecule has 0 bridgehead atoms. The SMILES string of the molecule is NC(=O)c1cccc(CS(=O)(=O)c2ccc(Cl)cc2N)c1. The van der Waals surface area contributed by atoms with Crippen LogP contribution >= 0.6 is 11.6 Å². The first-order valence-electron chi connectivity index (χ1n) is 5.96. The molecule has 21 heavy (non-hydrogen) atoms. The molecule has 2 rings (SSSR count). The van der Waals surface area contributed by atoms with Gasteiger partial charge in [0.25, 0.3) is 0 Å². The average Bonchev–Trinajstić information content (AvgIpc) is 2.37. The second-order valence-corrected chi connectivity index (χ2v) is 6.90. The molecule has 2 aromatic carbocycles. The molecule has 0 saturated heterocycles.